The third-order valence-corrected chi connectivity index (χ3v) is 3.36. The normalized spacial score (nSPS) is 11.4. The lowest BCUT2D eigenvalue weighted by molar-refractivity contribution is -0.121. The maximum Gasteiger partial charge on any atom is 0.219 e. The summed E-state index contributed by atoms with van der Waals surface area (Å²) in [6, 6.07) is 0. The zero-order valence-electron chi connectivity index (χ0n) is 14.3. The molecule has 0 radical (unpaired) electrons. The lowest BCUT2D eigenvalue weighted by atomic mass is 10.4. The Balaban J connectivity index is 3.65. The van der Waals surface area contributed by atoms with Gasteiger partial charge in [0.25, 0.3) is 0 Å². The molecular weight excluding hydrogens is 268 g/mol. The van der Waals surface area contributed by atoms with Crippen molar-refractivity contribution in [2.45, 2.75) is 20.3 Å². The van der Waals surface area contributed by atoms with Crippen LogP contribution in [0, 0.1) is 0 Å². The molecule has 1 amide bonds. The third-order valence-electron chi connectivity index (χ3n) is 3.36. The second kappa shape index (κ2) is 11.7. The maximum absolute atomic E-state index is 11.1. The molecule has 124 valence electrons. The molecule has 0 unspecified atom stereocenters. The molecule has 0 aromatic carbocycles. The summed E-state index contributed by atoms with van der Waals surface area (Å²) in [5.74, 6) is 0.308. The number of ketones is 1. The van der Waals surface area contributed by atoms with Gasteiger partial charge in [0, 0.05) is 45.7 Å². The van der Waals surface area contributed by atoms with Gasteiger partial charge in [0.1, 0.15) is 5.78 Å². The van der Waals surface area contributed by atoms with Crippen LogP contribution in [0.1, 0.15) is 20.3 Å². The second-order valence-electron chi connectivity index (χ2n) is 5.75. The van der Waals surface area contributed by atoms with Gasteiger partial charge in [-0.1, -0.05) is 6.92 Å². The van der Waals surface area contributed by atoms with E-state index in [4.69, 9.17) is 0 Å². The summed E-state index contributed by atoms with van der Waals surface area (Å²) < 4.78 is 0. The van der Waals surface area contributed by atoms with Gasteiger partial charge in [-0.2, -0.15) is 0 Å². The smallest absolute Gasteiger partial charge is 0.219 e. The fraction of sp³-hybridized carbons (Fsp3) is 0.867. The number of rotatable bonds is 12. The average Bonchev–Trinajstić information content (AvgIpc) is 2.41. The van der Waals surface area contributed by atoms with E-state index < -0.39 is 0 Å². The number of amides is 1. The van der Waals surface area contributed by atoms with Gasteiger partial charge in [-0.15, -0.1) is 0 Å². The number of nitrogens with one attached hydrogen (secondary N) is 1. The zero-order valence-corrected chi connectivity index (χ0v) is 14.3. The Bertz CT molecular complexity index is 310. The highest BCUT2D eigenvalue weighted by Crippen LogP contribution is 1.90. The second-order valence-corrected chi connectivity index (χ2v) is 5.75. The van der Waals surface area contributed by atoms with Crippen molar-refractivity contribution in [1.29, 1.82) is 0 Å². The number of hydrogen-bond donors (Lipinski definition) is 1. The van der Waals surface area contributed by atoms with Crippen LogP contribution in [-0.4, -0.2) is 93.3 Å². The highest BCUT2D eigenvalue weighted by Gasteiger charge is 2.06. The summed E-state index contributed by atoms with van der Waals surface area (Å²) in [5.41, 5.74) is 0. The summed E-state index contributed by atoms with van der Waals surface area (Å²) in [4.78, 5) is 28.6. The van der Waals surface area contributed by atoms with Gasteiger partial charge in [-0.05, 0) is 28.1 Å². The summed E-state index contributed by atoms with van der Waals surface area (Å²) in [7, 11) is 6.12. The number of nitrogens with zero attached hydrogens (tertiary/aromatic N) is 3. The van der Waals surface area contributed by atoms with Crippen molar-refractivity contribution in [2.75, 3.05) is 67.0 Å². The maximum atomic E-state index is 11.1. The molecule has 0 aliphatic rings. The highest BCUT2D eigenvalue weighted by molar-refractivity contribution is 5.77. The lowest BCUT2D eigenvalue weighted by Gasteiger charge is -2.24. The summed E-state index contributed by atoms with van der Waals surface area (Å²) in [6.07, 6.45) is 0.542. The SMILES string of the molecule is CCC(=O)NCCN(C)CCN(C)CCN(C)CC(C)=O. The van der Waals surface area contributed by atoms with Crippen molar-refractivity contribution < 1.29 is 9.59 Å². The first-order chi connectivity index (χ1) is 9.85. The first-order valence-corrected chi connectivity index (χ1v) is 7.67. The van der Waals surface area contributed by atoms with Crippen molar-refractivity contribution in [1.82, 2.24) is 20.0 Å². The summed E-state index contributed by atoms with van der Waals surface area (Å²) in [6.45, 7) is 9.35. The molecule has 21 heavy (non-hydrogen) atoms. The van der Waals surface area contributed by atoms with E-state index in [1.54, 1.807) is 6.92 Å². The van der Waals surface area contributed by atoms with Crippen LogP contribution in [0.2, 0.25) is 0 Å². The summed E-state index contributed by atoms with van der Waals surface area (Å²) in [5, 5.41) is 2.88. The standard InChI is InChI=1S/C15H32N4O2/c1-6-15(21)16-7-8-17(3)9-10-18(4)11-12-19(5)13-14(2)20/h6-13H2,1-5H3,(H,16,21). The Morgan fingerprint density at radius 2 is 1.33 bits per heavy atom. The van der Waals surface area contributed by atoms with E-state index in [0.717, 1.165) is 32.7 Å². The topological polar surface area (TPSA) is 55.9 Å². The van der Waals surface area contributed by atoms with E-state index in [-0.39, 0.29) is 11.7 Å². The highest BCUT2D eigenvalue weighted by atomic mass is 16.1. The van der Waals surface area contributed by atoms with E-state index in [0.29, 0.717) is 19.5 Å². The van der Waals surface area contributed by atoms with E-state index in [2.05, 4.69) is 29.2 Å². The third kappa shape index (κ3) is 12.5. The Hall–Kier alpha value is -0.980. The molecule has 0 fully saturated rings. The van der Waals surface area contributed by atoms with Crippen LogP contribution in [0.5, 0.6) is 0 Å². The fourth-order valence-electron chi connectivity index (χ4n) is 1.88. The van der Waals surface area contributed by atoms with Crippen molar-refractivity contribution in [3.8, 4) is 0 Å². The average molecular weight is 300 g/mol. The van der Waals surface area contributed by atoms with Gasteiger partial charge in [0.15, 0.2) is 0 Å². The van der Waals surface area contributed by atoms with Gasteiger partial charge in [0.2, 0.25) is 5.91 Å². The molecule has 0 bridgehead atoms. The van der Waals surface area contributed by atoms with Crippen LogP contribution in [0.3, 0.4) is 0 Å². The van der Waals surface area contributed by atoms with Gasteiger partial charge in [0.05, 0.1) is 6.54 Å². The zero-order chi connectivity index (χ0) is 16.3. The van der Waals surface area contributed by atoms with Crippen LogP contribution in [0.25, 0.3) is 0 Å². The minimum Gasteiger partial charge on any atom is -0.355 e. The first-order valence-electron chi connectivity index (χ1n) is 7.67. The Kier molecular flexibility index (Phi) is 11.1. The minimum absolute atomic E-state index is 0.106. The quantitative estimate of drug-likeness (QED) is 0.545. The van der Waals surface area contributed by atoms with E-state index in [9.17, 15) is 9.59 Å². The Labute approximate surface area is 129 Å². The van der Waals surface area contributed by atoms with Crippen LogP contribution in [-0.2, 0) is 9.59 Å². The number of carbonyl (C=O) groups is 2. The fourth-order valence-corrected chi connectivity index (χ4v) is 1.88. The van der Waals surface area contributed by atoms with Gasteiger partial charge < -0.3 is 15.1 Å². The number of Topliss-reactive ketones (excluding diaryl/α,β-unsaturated/α-hetero) is 1. The van der Waals surface area contributed by atoms with Crippen LogP contribution in [0.4, 0.5) is 0 Å². The molecule has 0 aliphatic heterocycles. The van der Waals surface area contributed by atoms with Gasteiger partial charge in [-0.3, -0.25) is 14.5 Å². The molecule has 0 saturated heterocycles. The van der Waals surface area contributed by atoms with Crippen LogP contribution >= 0.6 is 0 Å². The number of carbonyl (C=O) groups excluding carboxylic acids is 2. The molecule has 1 N–H and O–H groups in total. The molecule has 0 aromatic rings. The van der Waals surface area contributed by atoms with Crippen LogP contribution < -0.4 is 5.32 Å². The first kappa shape index (κ1) is 20.0. The Morgan fingerprint density at radius 1 is 0.857 bits per heavy atom. The molecule has 0 atom stereocenters. The molecular formula is C15H32N4O2. The molecule has 0 spiro atoms. The van der Waals surface area contributed by atoms with Gasteiger partial charge in [-0.25, -0.2) is 0 Å². The Morgan fingerprint density at radius 3 is 1.81 bits per heavy atom. The monoisotopic (exact) mass is 300 g/mol. The van der Waals surface area contributed by atoms with Crippen molar-refractivity contribution in [2.24, 2.45) is 0 Å². The predicted octanol–water partition coefficient (Wildman–Crippen LogP) is -0.103. The largest absolute Gasteiger partial charge is 0.355 e. The number of likely N-dealkylation sites (N-methyl/N-ethyl adjacent to an activating group) is 3. The minimum atomic E-state index is 0.106. The molecule has 6 nitrogen and oxygen atoms in total. The van der Waals surface area contributed by atoms with Crippen molar-refractivity contribution in [3.05, 3.63) is 0 Å². The lowest BCUT2D eigenvalue weighted by Crippen LogP contribution is -2.39. The summed E-state index contributed by atoms with van der Waals surface area (Å²) >= 11 is 0. The van der Waals surface area contributed by atoms with E-state index in [1.165, 1.54) is 0 Å². The van der Waals surface area contributed by atoms with Crippen LogP contribution in [0.15, 0.2) is 0 Å². The van der Waals surface area contributed by atoms with Gasteiger partial charge >= 0.3 is 0 Å². The van der Waals surface area contributed by atoms with E-state index in [1.807, 2.05) is 18.9 Å². The predicted molar refractivity (Wildman–Crippen MR) is 86.5 cm³/mol. The van der Waals surface area contributed by atoms with Crippen molar-refractivity contribution >= 4 is 11.7 Å². The number of hydrogen-bond acceptors (Lipinski definition) is 5. The molecule has 0 heterocycles. The van der Waals surface area contributed by atoms with Crippen molar-refractivity contribution in [3.63, 3.8) is 0 Å². The van der Waals surface area contributed by atoms with E-state index >= 15 is 0 Å². The molecule has 6 heteroatoms. The molecule has 0 aromatic heterocycles. The molecule has 0 saturated carbocycles. The molecule has 0 aliphatic carbocycles. The molecule has 0 rings (SSSR count).